The highest BCUT2D eigenvalue weighted by molar-refractivity contribution is 8.01. The summed E-state index contributed by atoms with van der Waals surface area (Å²) in [6, 6.07) is 15.4. The van der Waals surface area contributed by atoms with Crippen molar-refractivity contribution in [2.45, 2.75) is 18.2 Å². The van der Waals surface area contributed by atoms with Crippen molar-refractivity contribution in [2.75, 3.05) is 17.7 Å². The minimum Gasteiger partial charge on any atom is -0.494 e. The summed E-state index contributed by atoms with van der Waals surface area (Å²) in [5.41, 5.74) is 2.91. The molecule has 0 aliphatic rings. The molecule has 2 aromatic carbocycles. The normalized spacial score (nSPS) is 10.5. The Morgan fingerprint density at radius 3 is 2.77 bits per heavy atom. The Balaban J connectivity index is 1.53. The van der Waals surface area contributed by atoms with E-state index < -0.39 is 0 Å². The molecule has 7 heteroatoms. The van der Waals surface area contributed by atoms with Gasteiger partial charge in [0.1, 0.15) is 5.75 Å². The van der Waals surface area contributed by atoms with Gasteiger partial charge in [-0.25, -0.2) is 4.98 Å². The van der Waals surface area contributed by atoms with Gasteiger partial charge in [-0.05, 0) is 55.7 Å². The summed E-state index contributed by atoms with van der Waals surface area (Å²) in [5, 5.41) is 2.87. The predicted octanol–water partition coefficient (Wildman–Crippen LogP) is 4.64. The Morgan fingerprint density at radius 2 is 2.04 bits per heavy atom. The first-order valence-electron chi connectivity index (χ1n) is 8.20. The fraction of sp³-hybridized carbons (Fsp3) is 0.211. The predicted molar refractivity (Wildman–Crippen MR) is 107 cm³/mol. The number of nitrogens with one attached hydrogen (secondary N) is 1. The number of ether oxygens (including phenoxy) is 1. The number of rotatable bonds is 7. The van der Waals surface area contributed by atoms with E-state index in [-0.39, 0.29) is 11.7 Å². The first-order valence-corrected chi connectivity index (χ1v) is 9.96. The first-order chi connectivity index (χ1) is 12.6. The van der Waals surface area contributed by atoms with Crippen molar-refractivity contribution in [3.8, 4) is 17.1 Å². The van der Waals surface area contributed by atoms with Gasteiger partial charge in [0.25, 0.3) is 0 Å². The lowest BCUT2D eigenvalue weighted by Crippen LogP contribution is -2.13. The van der Waals surface area contributed by atoms with E-state index >= 15 is 0 Å². The van der Waals surface area contributed by atoms with Crippen molar-refractivity contribution in [2.24, 2.45) is 0 Å². The summed E-state index contributed by atoms with van der Waals surface area (Å²) in [6.45, 7) is 4.59. The van der Waals surface area contributed by atoms with Gasteiger partial charge in [-0.3, -0.25) is 4.79 Å². The first kappa shape index (κ1) is 18.4. The molecule has 3 rings (SSSR count). The molecule has 0 bridgehead atoms. The Bertz CT molecular complexity index is 879. The van der Waals surface area contributed by atoms with Crippen LogP contribution in [0.2, 0.25) is 0 Å². The lowest BCUT2D eigenvalue weighted by atomic mass is 10.1. The lowest BCUT2D eigenvalue weighted by molar-refractivity contribution is -0.113. The molecule has 3 aromatic rings. The van der Waals surface area contributed by atoms with Gasteiger partial charge in [-0.1, -0.05) is 35.5 Å². The molecule has 5 nitrogen and oxygen atoms in total. The highest BCUT2D eigenvalue weighted by Gasteiger charge is 2.10. The van der Waals surface area contributed by atoms with E-state index in [9.17, 15) is 4.79 Å². The van der Waals surface area contributed by atoms with Gasteiger partial charge < -0.3 is 10.1 Å². The fourth-order valence-corrected chi connectivity index (χ4v) is 3.71. The maximum atomic E-state index is 12.1. The second kappa shape index (κ2) is 8.82. The Labute approximate surface area is 161 Å². The molecule has 1 aromatic heterocycles. The van der Waals surface area contributed by atoms with Gasteiger partial charge >= 0.3 is 0 Å². The molecule has 0 saturated heterocycles. The molecule has 0 atom stereocenters. The summed E-state index contributed by atoms with van der Waals surface area (Å²) in [6.07, 6.45) is 0. The number of benzene rings is 2. The lowest BCUT2D eigenvalue weighted by Gasteiger charge is -2.06. The number of aromatic nitrogens is 2. The Kier molecular flexibility index (Phi) is 6.25. The van der Waals surface area contributed by atoms with Crippen molar-refractivity contribution < 1.29 is 9.53 Å². The number of hydrogen-bond acceptors (Lipinski definition) is 6. The minimum atomic E-state index is -0.0773. The quantitative estimate of drug-likeness (QED) is 0.600. The average Bonchev–Trinajstić information content (AvgIpc) is 3.11. The summed E-state index contributed by atoms with van der Waals surface area (Å²) >= 11 is 2.70. The van der Waals surface area contributed by atoms with Crippen LogP contribution in [0.15, 0.2) is 52.9 Å². The van der Waals surface area contributed by atoms with E-state index in [0.29, 0.717) is 12.4 Å². The van der Waals surface area contributed by atoms with E-state index in [0.717, 1.165) is 21.3 Å². The van der Waals surface area contributed by atoms with Crippen molar-refractivity contribution in [3.05, 3.63) is 54.1 Å². The molecule has 0 spiro atoms. The average molecular weight is 386 g/mol. The van der Waals surface area contributed by atoms with Crippen molar-refractivity contribution >= 4 is 34.9 Å². The monoisotopic (exact) mass is 385 g/mol. The smallest absolute Gasteiger partial charge is 0.234 e. The van der Waals surface area contributed by atoms with E-state index in [1.54, 1.807) is 0 Å². The van der Waals surface area contributed by atoms with Gasteiger partial charge in [0, 0.05) is 11.3 Å². The zero-order valence-corrected chi connectivity index (χ0v) is 16.2. The third-order valence-corrected chi connectivity index (χ3v) is 5.29. The van der Waals surface area contributed by atoms with E-state index in [4.69, 9.17) is 4.74 Å². The summed E-state index contributed by atoms with van der Waals surface area (Å²) in [5.74, 6) is 1.70. The molecule has 0 saturated carbocycles. The van der Waals surface area contributed by atoms with Crippen LogP contribution in [0.4, 0.5) is 5.69 Å². The Hall–Kier alpha value is -2.38. The van der Waals surface area contributed by atoms with Crippen molar-refractivity contribution in [1.29, 1.82) is 0 Å². The van der Waals surface area contributed by atoms with Crippen LogP contribution in [0, 0.1) is 6.92 Å². The zero-order valence-electron chi connectivity index (χ0n) is 14.6. The van der Waals surface area contributed by atoms with Gasteiger partial charge in [0.05, 0.1) is 12.4 Å². The number of carbonyl (C=O) groups excluding carboxylic acids is 1. The number of thioether (sulfide) groups is 1. The number of carbonyl (C=O) groups is 1. The van der Waals surface area contributed by atoms with Crippen molar-refractivity contribution in [1.82, 2.24) is 9.36 Å². The van der Waals surface area contributed by atoms with E-state index in [1.165, 1.54) is 28.9 Å². The standard InChI is InChI=1S/C19H19N3O2S2/c1-3-24-16-9-7-15(8-10-16)20-17(23)12-25-19-21-18(22-26-19)14-6-4-5-13(2)11-14/h4-11H,3,12H2,1-2H3,(H,20,23). The molecule has 0 aliphatic carbocycles. The van der Waals surface area contributed by atoms with Crippen LogP contribution in [-0.2, 0) is 4.79 Å². The summed E-state index contributed by atoms with van der Waals surface area (Å²) < 4.78 is 10.5. The third kappa shape index (κ3) is 5.06. The Morgan fingerprint density at radius 1 is 1.23 bits per heavy atom. The number of nitrogens with zero attached hydrogens (tertiary/aromatic N) is 2. The maximum absolute atomic E-state index is 12.1. The van der Waals surface area contributed by atoms with Crippen LogP contribution in [0.5, 0.6) is 5.75 Å². The zero-order chi connectivity index (χ0) is 18.4. The van der Waals surface area contributed by atoms with Crippen LogP contribution in [0.3, 0.4) is 0 Å². The number of hydrogen-bond donors (Lipinski definition) is 1. The van der Waals surface area contributed by atoms with Crippen LogP contribution < -0.4 is 10.1 Å². The second-order valence-electron chi connectivity index (χ2n) is 5.55. The number of amides is 1. The van der Waals surface area contributed by atoms with Gasteiger partial charge in [-0.2, -0.15) is 4.37 Å². The topological polar surface area (TPSA) is 64.1 Å². The number of aryl methyl sites for hydroxylation is 1. The highest BCUT2D eigenvalue weighted by Crippen LogP contribution is 2.26. The largest absolute Gasteiger partial charge is 0.494 e. The minimum absolute atomic E-state index is 0.0773. The van der Waals surface area contributed by atoms with Crippen LogP contribution in [0.25, 0.3) is 11.4 Å². The molecule has 1 N–H and O–H groups in total. The van der Waals surface area contributed by atoms with Gasteiger partial charge in [0.15, 0.2) is 10.2 Å². The molecule has 0 unspecified atom stereocenters. The third-order valence-electron chi connectivity index (χ3n) is 3.46. The molecular formula is C19H19N3O2S2. The van der Waals surface area contributed by atoms with Gasteiger partial charge in [-0.15, -0.1) is 0 Å². The molecule has 0 aliphatic heterocycles. The van der Waals surface area contributed by atoms with E-state index in [1.807, 2.05) is 56.3 Å². The molecule has 0 fully saturated rings. The molecule has 134 valence electrons. The molecule has 1 heterocycles. The fourth-order valence-electron chi connectivity index (χ4n) is 2.30. The molecule has 0 radical (unpaired) electrons. The van der Waals surface area contributed by atoms with Crippen LogP contribution in [0.1, 0.15) is 12.5 Å². The molecule has 26 heavy (non-hydrogen) atoms. The van der Waals surface area contributed by atoms with E-state index in [2.05, 4.69) is 20.7 Å². The van der Waals surface area contributed by atoms with Crippen LogP contribution in [-0.4, -0.2) is 27.6 Å². The highest BCUT2D eigenvalue weighted by atomic mass is 32.2. The molecular weight excluding hydrogens is 366 g/mol. The maximum Gasteiger partial charge on any atom is 0.234 e. The molecule has 1 amide bonds. The summed E-state index contributed by atoms with van der Waals surface area (Å²) in [4.78, 5) is 16.6. The SMILES string of the molecule is CCOc1ccc(NC(=O)CSc2nc(-c3cccc(C)c3)ns2)cc1. The summed E-state index contributed by atoms with van der Waals surface area (Å²) in [7, 11) is 0. The van der Waals surface area contributed by atoms with Crippen LogP contribution >= 0.6 is 23.3 Å². The second-order valence-corrected chi connectivity index (χ2v) is 7.52. The van der Waals surface area contributed by atoms with Gasteiger partial charge in [0.2, 0.25) is 5.91 Å². The van der Waals surface area contributed by atoms with Crippen molar-refractivity contribution in [3.63, 3.8) is 0 Å². The number of anilines is 1.